The Bertz CT molecular complexity index is 741. The van der Waals surface area contributed by atoms with Gasteiger partial charge in [-0.2, -0.15) is 0 Å². The van der Waals surface area contributed by atoms with Crippen molar-refractivity contribution in [3.05, 3.63) is 17.3 Å². The average Bonchev–Trinajstić information content (AvgIpc) is 3.34. The molecule has 1 aliphatic carbocycles. The van der Waals surface area contributed by atoms with E-state index >= 15 is 0 Å². The van der Waals surface area contributed by atoms with Crippen LogP contribution in [0.5, 0.6) is 0 Å². The number of nitrogens with zero attached hydrogens (tertiary/aromatic N) is 3. The van der Waals surface area contributed by atoms with Crippen molar-refractivity contribution in [1.29, 1.82) is 0 Å². The number of thiophene rings is 1. The van der Waals surface area contributed by atoms with E-state index in [0.29, 0.717) is 17.8 Å². The Hall–Kier alpha value is -1.73. The molecule has 2 atom stereocenters. The van der Waals surface area contributed by atoms with Crippen LogP contribution in [0.2, 0.25) is 0 Å². The van der Waals surface area contributed by atoms with Crippen LogP contribution in [0.15, 0.2) is 11.4 Å². The molecular formula is C17H22N4O2S. The lowest BCUT2D eigenvalue weighted by Crippen LogP contribution is -2.29. The molecule has 0 spiro atoms. The number of hydrogen-bond donors (Lipinski definition) is 2. The van der Waals surface area contributed by atoms with Gasteiger partial charge in [0.2, 0.25) is 5.82 Å². The van der Waals surface area contributed by atoms with Crippen molar-refractivity contribution >= 4 is 33.3 Å². The van der Waals surface area contributed by atoms with E-state index in [0.717, 1.165) is 61.2 Å². The first-order valence-electron chi connectivity index (χ1n) is 8.66. The predicted molar refractivity (Wildman–Crippen MR) is 94.4 cm³/mol. The maximum Gasteiger partial charge on any atom is 0.291 e. The maximum absolute atomic E-state index is 12.6. The number of aliphatic hydroxyl groups is 1. The Morgan fingerprint density at radius 1 is 1.33 bits per heavy atom. The van der Waals surface area contributed by atoms with E-state index < -0.39 is 0 Å². The fraction of sp³-hybridized carbons (Fsp3) is 0.588. The van der Waals surface area contributed by atoms with Crippen molar-refractivity contribution in [2.75, 3.05) is 25.0 Å². The van der Waals surface area contributed by atoms with E-state index in [1.807, 2.05) is 16.3 Å². The molecule has 1 saturated heterocycles. The zero-order valence-electron chi connectivity index (χ0n) is 13.6. The number of hydrogen-bond acceptors (Lipinski definition) is 6. The molecule has 1 saturated carbocycles. The van der Waals surface area contributed by atoms with E-state index in [1.165, 1.54) is 11.3 Å². The summed E-state index contributed by atoms with van der Waals surface area (Å²) in [5.41, 5.74) is 0. The van der Waals surface area contributed by atoms with Gasteiger partial charge in [-0.15, -0.1) is 11.3 Å². The third-order valence-electron chi connectivity index (χ3n) is 5.05. The normalized spacial score (nSPS) is 24.0. The highest BCUT2D eigenvalue weighted by Crippen LogP contribution is 2.31. The number of carbonyl (C=O) groups excluding carboxylic acids is 1. The lowest BCUT2D eigenvalue weighted by Gasteiger charge is -2.17. The summed E-state index contributed by atoms with van der Waals surface area (Å²) < 4.78 is 0. The van der Waals surface area contributed by atoms with Crippen molar-refractivity contribution < 1.29 is 9.90 Å². The number of carbonyl (C=O) groups is 1. The Balaban J connectivity index is 1.61. The highest BCUT2D eigenvalue weighted by Gasteiger charge is 2.27. The van der Waals surface area contributed by atoms with E-state index in [1.54, 1.807) is 0 Å². The van der Waals surface area contributed by atoms with E-state index in [2.05, 4.69) is 15.3 Å². The third-order valence-corrected chi connectivity index (χ3v) is 5.86. The molecule has 1 amide bonds. The minimum atomic E-state index is -0.0643. The zero-order chi connectivity index (χ0) is 16.5. The van der Waals surface area contributed by atoms with E-state index in [9.17, 15) is 9.90 Å². The van der Waals surface area contributed by atoms with Crippen LogP contribution in [0.1, 0.15) is 42.7 Å². The summed E-state index contributed by atoms with van der Waals surface area (Å²) >= 11 is 1.54. The van der Waals surface area contributed by atoms with Gasteiger partial charge < -0.3 is 15.3 Å². The Kier molecular flexibility index (Phi) is 4.37. The van der Waals surface area contributed by atoms with Crippen molar-refractivity contribution in [3.63, 3.8) is 0 Å². The summed E-state index contributed by atoms with van der Waals surface area (Å²) in [5.74, 6) is 1.36. The SMILES string of the molecule is O=C(c1nc(N[C@@H]2CC[C@H](CO)C2)c2ccsc2n1)N1CCCC1. The van der Waals surface area contributed by atoms with Crippen LogP contribution in [0.3, 0.4) is 0 Å². The molecule has 7 heteroatoms. The second-order valence-electron chi connectivity index (χ2n) is 6.74. The first-order valence-corrected chi connectivity index (χ1v) is 9.54. The molecule has 24 heavy (non-hydrogen) atoms. The Labute approximate surface area is 144 Å². The molecule has 0 bridgehead atoms. The Morgan fingerprint density at radius 2 is 2.17 bits per heavy atom. The molecule has 2 aliphatic rings. The number of nitrogens with one attached hydrogen (secondary N) is 1. The highest BCUT2D eigenvalue weighted by molar-refractivity contribution is 7.16. The minimum absolute atomic E-state index is 0.0643. The molecule has 1 aliphatic heterocycles. The average molecular weight is 346 g/mol. The lowest BCUT2D eigenvalue weighted by molar-refractivity contribution is 0.0781. The number of aromatic nitrogens is 2. The smallest absolute Gasteiger partial charge is 0.291 e. The quantitative estimate of drug-likeness (QED) is 0.889. The van der Waals surface area contributed by atoms with Crippen LogP contribution in [0.25, 0.3) is 10.2 Å². The van der Waals surface area contributed by atoms with Gasteiger partial charge in [0.05, 0.1) is 5.39 Å². The van der Waals surface area contributed by atoms with Gasteiger partial charge in [0, 0.05) is 25.7 Å². The van der Waals surface area contributed by atoms with Crippen LogP contribution in [0, 0.1) is 5.92 Å². The van der Waals surface area contributed by atoms with Gasteiger partial charge in [0.15, 0.2) is 0 Å². The van der Waals surface area contributed by atoms with Crippen molar-refractivity contribution in [2.45, 2.75) is 38.1 Å². The number of likely N-dealkylation sites (tertiary alicyclic amines) is 1. The van der Waals surface area contributed by atoms with E-state index in [4.69, 9.17) is 0 Å². The van der Waals surface area contributed by atoms with Crippen LogP contribution in [0.4, 0.5) is 5.82 Å². The summed E-state index contributed by atoms with van der Waals surface area (Å²) in [6.07, 6.45) is 5.12. The van der Waals surface area contributed by atoms with Gasteiger partial charge in [-0.05, 0) is 49.5 Å². The van der Waals surface area contributed by atoms with E-state index in [-0.39, 0.29) is 12.5 Å². The number of amides is 1. The van der Waals surface area contributed by atoms with Crippen LogP contribution >= 0.6 is 11.3 Å². The number of aliphatic hydroxyl groups excluding tert-OH is 1. The maximum atomic E-state index is 12.6. The topological polar surface area (TPSA) is 78.3 Å². The molecule has 3 heterocycles. The second kappa shape index (κ2) is 6.64. The van der Waals surface area contributed by atoms with Crippen LogP contribution in [-0.2, 0) is 0 Å². The molecule has 2 aromatic rings. The summed E-state index contributed by atoms with van der Waals surface area (Å²) in [7, 11) is 0. The van der Waals surface area contributed by atoms with Gasteiger partial charge in [-0.25, -0.2) is 9.97 Å². The predicted octanol–water partition coefficient (Wildman–Crippen LogP) is 2.50. The van der Waals surface area contributed by atoms with Gasteiger partial charge >= 0.3 is 0 Å². The minimum Gasteiger partial charge on any atom is -0.396 e. The fourth-order valence-corrected chi connectivity index (χ4v) is 4.45. The summed E-state index contributed by atoms with van der Waals surface area (Å²) in [6, 6.07) is 2.31. The first-order chi connectivity index (χ1) is 11.7. The molecule has 2 aromatic heterocycles. The number of rotatable bonds is 4. The molecule has 128 valence electrons. The van der Waals surface area contributed by atoms with Crippen LogP contribution in [-0.4, -0.2) is 51.6 Å². The third kappa shape index (κ3) is 2.98. The molecule has 0 unspecified atom stereocenters. The molecule has 0 aromatic carbocycles. The van der Waals surface area contributed by atoms with Gasteiger partial charge in [0.1, 0.15) is 10.6 Å². The largest absolute Gasteiger partial charge is 0.396 e. The molecule has 2 N–H and O–H groups in total. The summed E-state index contributed by atoms with van der Waals surface area (Å²) in [6.45, 7) is 1.84. The summed E-state index contributed by atoms with van der Waals surface area (Å²) in [4.78, 5) is 24.4. The molecule has 2 fully saturated rings. The number of anilines is 1. The molecule has 0 radical (unpaired) electrons. The van der Waals surface area contributed by atoms with Crippen molar-refractivity contribution in [1.82, 2.24) is 14.9 Å². The fourth-order valence-electron chi connectivity index (χ4n) is 3.69. The molecule has 4 rings (SSSR count). The van der Waals surface area contributed by atoms with Crippen molar-refractivity contribution in [2.24, 2.45) is 5.92 Å². The standard InChI is InChI=1S/C17H22N4O2S/c22-10-11-3-4-12(9-11)18-14-13-5-8-24-16(13)20-15(19-14)17(23)21-6-1-2-7-21/h5,8,11-12,22H,1-4,6-7,9-10H2,(H,18,19,20)/t11-,12+/m0/s1. The summed E-state index contributed by atoms with van der Waals surface area (Å²) in [5, 5.41) is 15.8. The zero-order valence-corrected chi connectivity index (χ0v) is 14.4. The van der Waals surface area contributed by atoms with Gasteiger partial charge in [0.25, 0.3) is 5.91 Å². The first kappa shape index (κ1) is 15.8. The lowest BCUT2D eigenvalue weighted by atomic mass is 10.1. The van der Waals surface area contributed by atoms with Crippen molar-refractivity contribution in [3.8, 4) is 0 Å². The number of fused-ring (bicyclic) bond motifs is 1. The van der Waals surface area contributed by atoms with Gasteiger partial charge in [-0.3, -0.25) is 4.79 Å². The van der Waals surface area contributed by atoms with Crippen LogP contribution < -0.4 is 5.32 Å². The molecular weight excluding hydrogens is 324 g/mol. The van der Waals surface area contributed by atoms with Gasteiger partial charge in [-0.1, -0.05) is 0 Å². The monoisotopic (exact) mass is 346 g/mol. The molecule has 6 nitrogen and oxygen atoms in total. The Morgan fingerprint density at radius 3 is 2.92 bits per heavy atom. The highest BCUT2D eigenvalue weighted by atomic mass is 32.1. The second-order valence-corrected chi connectivity index (χ2v) is 7.63.